The Morgan fingerprint density at radius 2 is 2.31 bits per heavy atom. The van der Waals surface area contributed by atoms with Gasteiger partial charge in [0, 0.05) is 11.8 Å². The normalized spacial score (nSPS) is 21.1. The molecule has 1 unspecified atom stereocenters. The lowest BCUT2D eigenvalue weighted by molar-refractivity contribution is 0.0316. The summed E-state index contributed by atoms with van der Waals surface area (Å²) in [6.07, 6.45) is 3.61. The Bertz CT molecular complexity index is 363. The van der Waals surface area contributed by atoms with Gasteiger partial charge in [0.05, 0.1) is 5.60 Å². The Morgan fingerprint density at radius 1 is 1.62 bits per heavy atom. The molecule has 0 aliphatic heterocycles. The molecule has 1 aliphatic rings. The fraction of sp³-hybridized carbons (Fsp3) is 0.500. The summed E-state index contributed by atoms with van der Waals surface area (Å²) in [5.41, 5.74) is -0.647. The second kappa shape index (κ2) is 2.70. The number of aromatic amines is 1. The van der Waals surface area contributed by atoms with Gasteiger partial charge in [0.1, 0.15) is 0 Å². The first-order chi connectivity index (χ1) is 6.12. The molecule has 13 heavy (non-hydrogen) atoms. The van der Waals surface area contributed by atoms with Crippen LogP contribution in [0.15, 0.2) is 23.1 Å². The third-order valence-electron chi connectivity index (χ3n) is 2.74. The van der Waals surface area contributed by atoms with Gasteiger partial charge in [0.15, 0.2) is 0 Å². The summed E-state index contributed by atoms with van der Waals surface area (Å²) in [4.78, 5) is 14.0. The van der Waals surface area contributed by atoms with Crippen molar-refractivity contribution >= 4 is 0 Å². The molecule has 1 aliphatic carbocycles. The van der Waals surface area contributed by atoms with E-state index in [1.165, 1.54) is 0 Å². The molecule has 0 aromatic carbocycles. The highest BCUT2D eigenvalue weighted by Gasteiger charge is 2.42. The number of pyridine rings is 1. The number of rotatable bonds is 2. The Balaban J connectivity index is 2.44. The minimum Gasteiger partial charge on any atom is -0.385 e. The zero-order valence-corrected chi connectivity index (χ0v) is 7.58. The molecule has 3 heteroatoms. The monoisotopic (exact) mass is 179 g/mol. The molecule has 1 fully saturated rings. The van der Waals surface area contributed by atoms with E-state index in [1.807, 2.05) is 0 Å². The second-order valence-corrected chi connectivity index (χ2v) is 3.83. The van der Waals surface area contributed by atoms with E-state index in [-0.39, 0.29) is 11.5 Å². The van der Waals surface area contributed by atoms with Gasteiger partial charge in [-0.2, -0.15) is 0 Å². The average Bonchev–Trinajstić information content (AvgIpc) is 2.86. The summed E-state index contributed by atoms with van der Waals surface area (Å²) in [6.45, 7) is 1.72. The molecule has 1 aromatic heterocycles. The van der Waals surface area contributed by atoms with Gasteiger partial charge in [-0.05, 0) is 37.8 Å². The Labute approximate surface area is 76.4 Å². The zero-order chi connectivity index (χ0) is 9.47. The van der Waals surface area contributed by atoms with Crippen molar-refractivity contribution < 1.29 is 5.11 Å². The summed E-state index contributed by atoms with van der Waals surface area (Å²) in [7, 11) is 0. The van der Waals surface area contributed by atoms with E-state index >= 15 is 0 Å². The Morgan fingerprint density at radius 3 is 2.85 bits per heavy atom. The van der Waals surface area contributed by atoms with Crippen molar-refractivity contribution in [1.82, 2.24) is 4.98 Å². The zero-order valence-electron chi connectivity index (χ0n) is 7.58. The van der Waals surface area contributed by atoms with Crippen LogP contribution in [-0.4, -0.2) is 10.1 Å². The van der Waals surface area contributed by atoms with Gasteiger partial charge >= 0.3 is 0 Å². The third-order valence-corrected chi connectivity index (χ3v) is 2.74. The average molecular weight is 179 g/mol. The van der Waals surface area contributed by atoms with Crippen molar-refractivity contribution in [1.29, 1.82) is 0 Å². The van der Waals surface area contributed by atoms with Crippen molar-refractivity contribution in [3.05, 3.63) is 34.2 Å². The van der Waals surface area contributed by atoms with Crippen LogP contribution in [0.4, 0.5) is 0 Å². The Hall–Kier alpha value is -1.09. The quantitative estimate of drug-likeness (QED) is 0.711. The van der Waals surface area contributed by atoms with E-state index in [2.05, 4.69) is 4.98 Å². The number of hydrogen-bond donors (Lipinski definition) is 2. The van der Waals surface area contributed by atoms with E-state index in [4.69, 9.17) is 0 Å². The molecule has 0 amide bonds. The Kier molecular flexibility index (Phi) is 1.77. The second-order valence-electron chi connectivity index (χ2n) is 3.83. The summed E-state index contributed by atoms with van der Waals surface area (Å²) in [5.74, 6) is 0.260. The standard InChI is InChI=1S/C10H13NO2/c1-10(13,7-4-5-7)8-3-2-6-11-9(8)12/h2-3,6-7,13H,4-5H2,1H3,(H,11,12). The predicted octanol–water partition coefficient (Wildman–Crippen LogP) is 0.992. The molecule has 3 nitrogen and oxygen atoms in total. The summed E-state index contributed by atoms with van der Waals surface area (Å²) >= 11 is 0. The fourth-order valence-electron chi connectivity index (χ4n) is 1.69. The van der Waals surface area contributed by atoms with Crippen molar-refractivity contribution in [2.24, 2.45) is 5.92 Å². The van der Waals surface area contributed by atoms with Gasteiger partial charge in [-0.1, -0.05) is 0 Å². The lowest BCUT2D eigenvalue weighted by Crippen LogP contribution is -2.31. The highest BCUT2D eigenvalue weighted by atomic mass is 16.3. The minimum atomic E-state index is -0.950. The lowest BCUT2D eigenvalue weighted by atomic mass is 9.92. The predicted molar refractivity (Wildman–Crippen MR) is 49.4 cm³/mol. The largest absolute Gasteiger partial charge is 0.385 e. The maximum Gasteiger partial charge on any atom is 0.254 e. The number of H-pyrrole nitrogens is 1. The van der Waals surface area contributed by atoms with E-state index in [0.29, 0.717) is 5.56 Å². The third kappa shape index (κ3) is 1.40. The molecule has 70 valence electrons. The molecule has 0 spiro atoms. The van der Waals surface area contributed by atoms with E-state index < -0.39 is 5.60 Å². The fourth-order valence-corrected chi connectivity index (χ4v) is 1.69. The first-order valence-corrected chi connectivity index (χ1v) is 4.53. The molecule has 1 aromatic rings. The molecule has 1 heterocycles. The molecule has 0 radical (unpaired) electrons. The van der Waals surface area contributed by atoms with Gasteiger partial charge in [-0.3, -0.25) is 4.79 Å². The molecule has 1 atom stereocenters. The van der Waals surface area contributed by atoms with Crippen molar-refractivity contribution in [3.8, 4) is 0 Å². The number of hydrogen-bond acceptors (Lipinski definition) is 2. The van der Waals surface area contributed by atoms with Crippen LogP contribution in [0.25, 0.3) is 0 Å². The minimum absolute atomic E-state index is 0.181. The number of aliphatic hydroxyl groups is 1. The molecule has 1 saturated carbocycles. The smallest absolute Gasteiger partial charge is 0.254 e. The first kappa shape index (κ1) is 8.51. The number of aromatic nitrogens is 1. The summed E-state index contributed by atoms with van der Waals surface area (Å²) < 4.78 is 0. The first-order valence-electron chi connectivity index (χ1n) is 4.53. The van der Waals surface area contributed by atoms with Crippen LogP contribution in [0, 0.1) is 5.92 Å². The van der Waals surface area contributed by atoms with Gasteiger partial charge < -0.3 is 10.1 Å². The van der Waals surface area contributed by atoms with E-state index in [1.54, 1.807) is 25.3 Å². The van der Waals surface area contributed by atoms with Gasteiger partial charge in [0.25, 0.3) is 5.56 Å². The lowest BCUT2D eigenvalue weighted by Gasteiger charge is -2.21. The van der Waals surface area contributed by atoms with E-state index in [9.17, 15) is 9.90 Å². The maximum absolute atomic E-state index is 11.4. The highest BCUT2D eigenvalue weighted by molar-refractivity contribution is 5.20. The van der Waals surface area contributed by atoms with Crippen LogP contribution in [-0.2, 0) is 5.60 Å². The topological polar surface area (TPSA) is 53.1 Å². The summed E-state index contributed by atoms with van der Waals surface area (Å²) in [5, 5.41) is 10.1. The SMILES string of the molecule is CC(O)(c1ccc[nH]c1=O)C1CC1. The van der Waals surface area contributed by atoms with Gasteiger partial charge in [0.2, 0.25) is 0 Å². The highest BCUT2D eigenvalue weighted by Crippen LogP contribution is 2.44. The maximum atomic E-state index is 11.4. The molecule has 2 rings (SSSR count). The van der Waals surface area contributed by atoms with Crippen molar-refractivity contribution in [2.75, 3.05) is 0 Å². The van der Waals surface area contributed by atoms with Crippen LogP contribution in [0.5, 0.6) is 0 Å². The van der Waals surface area contributed by atoms with Crippen LogP contribution in [0.2, 0.25) is 0 Å². The van der Waals surface area contributed by atoms with Crippen LogP contribution in [0.3, 0.4) is 0 Å². The van der Waals surface area contributed by atoms with Crippen LogP contribution < -0.4 is 5.56 Å². The summed E-state index contributed by atoms with van der Waals surface area (Å²) in [6, 6.07) is 3.44. The van der Waals surface area contributed by atoms with Crippen molar-refractivity contribution in [3.63, 3.8) is 0 Å². The van der Waals surface area contributed by atoms with Gasteiger partial charge in [-0.25, -0.2) is 0 Å². The molecular formula is C10H13NO2. The molecule has 2 N–H and O–H groups in total. The van der Waals surface area contributed by atoms with E-state index in [0.717, 1.165) is 12.8 Å². The van der Waals surface area contributed by atoms with Crippen LogP contribution >= 0.6 is 0 Å². The van der Waals surface area contributed by atoms with Crippen molar-refractivity contribution in [2.45, 2.75) is 25.4 Å². The van der Waals surface area contributed by atoms with Gasteiger partial charge in [-0.15, -0.1) is 0 Å². The molecule has 0 bridgehead atoms. The molecular weight excluding hydrogens is 166 g/mol. The number of nitrogens with one attached hydrogen (secondary N) is 1. The van der Waals surface area contributed by atoms with Crippen LogP contribution in [0.1, 0.15) is 25.3 Å². The molecule has 0 saturated heterocycles.